The Balaban J connectivity index is -0.000000196. The standard InChI is InChI=1S/C6H13NO.C2H4.H2/c1-4(2)6(7)5(3)8;1-2;/h4,6H,7H2,1-3H3;1-2H2;1H/t6-;;/m1../s1. The van der Waals surface area contributed by atoms with Gasteiger partial charge >= 0.3 is 0 Å². The molecule has 0 aromatic heterocycles. The van der Waals surface area contributed by atoms with Crippen LogP contribution >= 0.6 is 0 Å². The molecule has 0 amide bonds. The quantitative estimate of drug-likeness (QED) is 0.600. The average Bonchev–Trinajstić information content (AvgIpc) is 1.90. The highest BCUT2D eigenvalue weighted by atomic mass is 16.1. The van der Waals surface area contributed by atoms with Gasteiger partial charge < -0.3 is 5.73 Å². The second-order valence-electron chi connectivity index (χ2n) is 2.38. The number of carbonyl (C=O) groups is 1. The first-order valence-corrected chi connectivity index (χ1v) is 3.31. The van der Waals surface area contributed by atoms with Crippen LogP contribution in [0.15, 0.2) is 13.2 Å². The second kappa shape index (κ2) is 6.49. The fourth-order valence-electron chi connectivity index (χ4n) is 0.469. The Bertz CT molecular complexity index is 104. The normalized spacial score (nSPS) is 11.7. The van der Waals surface area contributed by atoms with Gasteiger partial charge in [-0.1, -0.05) is 13.8 Å². The Morgan fingerprint density at radius 2 is 1.80 bits per heavy atom. The zero-order chi connectivity index (χ0) is 8.73. The lowest BCUT2D eigenvalue weighted by Gasteiger charge is -2.09. The van der Waals surface area contributed by atoms with E-state index in [0.29, 0.717) is 0 Å². The van der Waals surface area contributed by atoms with Gasteiger partial charge in [0, 0.05) is 1.43 Å². The second-order valence-corrected chi connectivity index (χ2v) is 2.38. The molecule has 62 valence electrons. The van der Waals surface area contributed by atoms with Crippen LogP contribution in [-0.2, 0) is 4.79 Å². The lowest BCUT2D eigenvalue weighted by Crippen LogP contribution is -2.33. The van der Waals surface area contributed by atoms with Crippen LogP contribution in [0.25, 0.3) is 0 Å². The summed E-state index contributed by atoms with van der Waals surface area (Å²) < 4.78 is 0. The van der Waals surface area contributed by atoms with E-state index in [1.165, 1.54) is 6.92 Å². The third kappa shape index (κ3) is 5.51. The van der Waals surface area contributed by atoms with Crippen LogP contribution in [0.4, 0.5) is 0 Å². The molecule has 0 saturated carbocycles. The molecule has 1 atom stereocenters. The summed E-state index contributed by atoms with van der Waals surface area (Å²) in [6, 6.07) is -0.269. The smallest absolute Gasteiger partial charge is 0.146 e. The maximum Gasteiger partial charge on any atom is 0.146 e. The van der Waals surface area contributed by atoms with Gasteiger partial charge in [0.15, 0.2) is 0 Å². The van der Waals surface area contributed by atoms with E-state index in [1.54, 1.807) is 0 Å². The lowest BCUT2D eigenvalue weighted by molar-refractivity contribution is -0.119. The molecule has 0 aliphatic carbocycles. The molecule has 0 unspecified atom stereocenters. The van der Waals surface area contributed by atoms with E-state index < -0.39 is 0 Å². The summed E-state index contributed by atoms with van der Waals surface area (Å²) >= 11 is 0. The van der Waals surface area contributed by atoms with Crippen molar-refractivity contribution < 1.29 is 6.22 Å². The van der Waals surface area contributed by atoms with E-state index in [1.807, 2.05) is 13.8 Å². The molecule has 10 heavy (non-hydrogen) atoms. The molecular weight excluding hydrogens is 126 g/mol. The molecule has 0 aliphatic heterocycles. The number of Topliss-reactive ketones (excluding diaryl/α,β-unsaturated/α-hetero) is 1. The fourth-order valence-corrected chi connectivity index (χ4v) is 0.469. The largest absolute Gasteiger partial charge is 0.321 e. The number of nitrogens with two attached hydrogens (primary N) is 1. The summed E-state index contributed by atoms with van der Waals surface area (Å²) in [5.74, 6) is 0.340. The summed E-state index contributed by atoms with van der Waals surface area (Å²) in [7, 11) is 0. The zero-order valence-corrected chi connectivity index (χ0v) is 7.05. The number of rotatable bonds is 2. The number of hydrogen-bond donors (Lipinski definition) is 1. The third-order valence-electron chi connectivity index (χ3n) is 1.19. The van der Waals surface area contributed by atoms with Crippen molar-refractivity contribution >= 4 is 5.78 Å². The van der Waals surface area contributed by atoms with Crippen molar-refractivity contribution in [2.24, 2.45) is 11.7 Å². The topological polar surface area (TPSA) is 43.1 Å². The Morgan fingerprint density at radius 1 is 1.50 bits per heavy atom. The lowest BCUT2D eigenvalue weighted by atomic mass is 10.0. The summed E-state index contributed by atoms with van der Waals surface area (Å²) in [4.78, 5) is 10.5. The molecule has 0 aromatic carbocycles. The molecule has 0 aromatic rings. The van der Waals surface area contributed by atoms with Gasteiger partial charge in [0.1, 0.15) is 5.78 Å². The van der Waals surface area contributed by atoms with Gasteiger partial charge in [-0.2, -0.15) is 0 Å². The zero-order valence-electron chi connectivity index (χ0n) is 7.05. The van der Waals surface area contributed by atoms with Crippen LogP contribution in [-0.4, -0.2) is 11.8 Å². The van der Waals surface area contributed by atoms with E-state index in [9.17, 15) is 4.79 Å². The average molecular weight is 145 g/mol. The maximum atomic E-state index is 10.5. The molecule has 0 heterocycles. The summed E-state index contributed by atoms with van der Waals surface area (Å²) in [5, 5.41) is 0. The third-order valence-corrected chi connectivity index (χ3v) is 1.19. The Hall–Kier alpha value is -0.630. The van der Waals surface area contributed by atoms with Gasteiger partial charge in [0.25, 0.3) is 0 Å². The van der Waals surface area contributed by atoms with Crippen molar-refractivity contribution in [3.8, 4) is 0 Å². The van der Waals surface area contributed by atoms with E-state index in [0.717, 1.165) is 0 Å². The first-order valence-electron chi connectivity index (χ1n) is 3.31. The van der Waals surface area contributed by atoms with Crippen LogP contribution in [0.5, 0.6) is 0 Å². The number of ketones is 1. The number of carbonyl (C=O) groups excluding carboxylic acids is 1. The van der Waals surface area contributed by atoms with Crippen molar-refractivity contribution in [3.05, 3.63) is 13.2 Å². The van der Waals surface area contributed by atoms with Gasteiger partial charge in [0.05, 0.1) is 6.04 Å². The van der Waals surface area contributed by atoms with Crippen molar-refractivity contribution in [1.29, 1.82) is 0 Å². The van der Waals surface area contributed by atoms with Crippen LogP contribution in [0.2, 0.25) is 0 Å². The molecule has 0 aliphatic rings. The van der Waals surface area contributed by atoms with Crippen LogP contribution in [0, 0.1) is 5.92 Å². The molecule has 2 nitrogen and oxygen atoms in total. The fraction of sp³-hybridized carbons (Fsp3) is 0.625. The van der Waals surface area contributed by atoms with Crippen molar-refractivity contribution in [2.75, 3.05) is 0 Å². The molecule has 0 saturated heterocycles. The van der Waals surface area contributed by atoms with Gasteiger partial charge in [-0.15, -0.1) is 13.2 Å². The molecule has 2 N–H and O–H groups in total. The maximum absolute atomic E-state index is 10.5. The van der Waals surface area contributed by atoms with Crippen molar-refractivity contribution in [2.45, 2.75) is 26.8 Å². The highest BCUT2D eigenvalue weighted by Gasteiger charge is 2.10. The van der Waals surface area contributed by atoms with Gasteiger partial charge in [0.2, 0.25) is 0 Å². The first kappa shape index (κ1) is 12.1. The van der Waals surface area contributed by atoms with Crippen molar-refractivity contribution in [3.63, 3.8) is 0 Å². The van der Waals surface area contributed by atoms with Crippen LogP contribution in [0.1, 0.15) is 22.2 Å². The van der Waals surface area contributed by atoms with Crippen LogP contribution < -0.4 is 5.73 Å². The molecular formula is C8H19NO. The summed E-state index contributed by atoms with van der Waals surface area (Å²) in [6.07, 6.45) is 0. The van der Waals surface area contributed by atoms with Crippen molar-refractivity contribution in [1.82, 2.24) is 0 Å². The van der Waals surface area contributed by atoms with E-state index in [4.69, 9.17) is 5.73 Å². The highest BCUT2D eigenvalue weighted by Crippen LogP contribution is 1.97. The molecule has 0 spiro atoms. The van der Waals surface area contributed by atoms with E-state index in [-0.39, 0.29) is 19.2 Å². The minimum atomic E-state index is -0.269. The Kier molecular flexibility index (Phi) is 7.84. The highest BCUT2D eigenvalue weighted by molar-refractivity contribution is 5.81. The molecule has 0 radical (unpaired) electrons. The SMILES string of the molecule is C=C.CC(=O)[C@H](N)C(C)C.[HH]. The van der Waals surface area contributed by atoms with Gasteiger partial charge in [-0.25, -0.2) is 0 Å². The van der Waals surface area contributed by atoms with E-state index >= 15 is 0 Å². The van der Waals surface area contributed by atoms with E-state index in [2.05, 4.69) is 13.2 Å². The minimum Gasteiger partial charge on any atom is -0.321 e. The number of hydrogen-bond acceptors (Lipinski definition) is 2. The summed E-state index contributed by atoms with van der Waals surface area (Å²) in [6.45, 7) is 11.4. The predicted octanol–water partition coefficient (Wildman–Crippen LogP) is 1.61. The minimum absolute atomic E-state index is 0. The first-order chi connectivity index (χ1) is 4.55. The molecule has 2 heteroatoms. The predicted molar refractivity (Wildman–Crippen MR) is 46.9 cm³/mol. The molecule has 0 fully saturated rings. The molecule has 0 bridgehead atoms. The molecule has 0 rings (SSSR count). The van der Waals surface area contributed by atoms with Gasteiger partial charge in [-0.05, 0) is 12.8 Å². The Labute approximate surface area is 64.6 Å². The van der Waals surface area contributed by atoms with Crippen LogP contribution in [0.3, 0.4) is 0 Å². The monoisotopic (exact) mass is 145 g/mol. The summed E-state index contributed by atoms with van der Waals surface area (Å²) in [5.41, 5.74) is 5.41. The van der Waals surface area contributed by atoms with Gasteiger partial charge in [-0.3, -0.25) is 4.79 Å². The Morgan fingerprint density at radius 3 is 1.80 bits per heavy atom.